The Bertz CT molecular complexity index is 1200. The number of ether oxygens (including phenoxy) is 1. The minimum atomic E-state index is -0.956. The molecule has 1 fully saturated rings. The molecular formula is C23H18N2O7. The minimum absolute atomic E-state index is 0.0153. The monoisotopic (exact) mass is 434 g/mol. The fourth-order valence-corrected chi connectivity index (χ4v) is 3.64. The third-order valence-electron chi connectivity index (χ3n) is 5.23. The molecule has 0 radical (unpaired) electrons. The van der Waals surface area contributed by atoms with Crippen molar-refractivity contribution in [3.05, 3.63) is 99.5 Å². The van der Waals surface area contributed by atoms with Gasteiger partial charge in [-0.1, -0.05) is 0 Å². The van der Waals surface area contributed by atoms with E-state index in [0.717, 1.165) is 0 Å². The second-order valence-electron chi connectivity index (χ2n) is 7.08. The van der Waals surface area contributed by atoms with Gasteiger partial charge < -0.3 is 19.2 Å². The fourth-order valence-electron chi connectivity index (χ4n) is 3.64. The SMILES string of the molecule is COc1ccc(/C(O)=C2\C(=O)C(=O)N(Cc3ccco3)[C@@H]2c2ccc([N+](=O)[O-])cc2)cc1. The van der Waals surface area contributed by atoms with Crippen molar-refractivity contribution < 1.29 is 28.8 Å². The Balaban J connectivity index is 1.84. The Morgan fingerprint density at radius 2 is 1.81 bits per heavy atom. The maximum atomic E-state index is 13.0. The molecule has 0 unspecified atom stereocenters. The second-order valence-corrected chi connectivity index (χ2v) is 7.08. The summed E-state index contributed by atoms with van der Waals surface area (Å²) in [6, 6.07) is 14.2. The van der Waals surface area contributed by atoms with E-state index in [1.54, 1.807) is 36.4 Å². The van der Waals surface area contributed by atoms with Crippen LogP contribution in [0.25, 0.3) is 5.76 Å². The quantitative estimate of drug-likeness (QED) is 0.206. The summed E-state index contributed by atoms with van der Waals surface area (Å²) in [5.74, 6) is -1.00. The van der Waals surface area contributed by atoms with E-state index in [-0.39, 0.29) is 23.6 Å². The van der Waals surface area contributed by atoms with Crippen molar-refractivity contribution in [1.82, 2.24) is 4.90 Å². The number of hydrogen-bond acceptors (Lipinski definition) is 7. The summed E-state index contributed by atoms with van der Waals surface area (Å²) < 4.78 is 10.4. The Labute approximate surface area is 182 Å². The number of hydrogen-bond donors (Lipinski definition) is 1. The van der Waals surface area contributed by atoms with Crippen LogP contribution in [0.3, 0.4) is 0 Å². The highest BCUT2D eigenvalue weighted by molar-refractivity contribution is 6.46. The number of nitro benzene ring substituents is 1. The van der Waals surface area contributed by atoms with E-state index in [4.69, 9.17) is 9.15 Å². The number of nitrogens with zero attached hydrogens (tertiary/aromatic N) is 2. The van der Waals surface area contributed by atoms with Gasteiger partial charge in [-0.05, 0) is 54.1 Å². The van der Waals surface area contributed by atoms with Gasteiger partial charge in [-0.25, -0.2) is 0 Å². The molecule has 0 saturated carbocycles. The van der Waals surface area contributed by atoms with Crippen LogP contribution < -0.4 is 4.74 Å². The molecule has 4 rings (SSSR count). The van der Waals surface area contributed by atoms with E-state index in [2.05, 4.69) is 0 Å². The molecule has 9 nitrogen and oxygen atoms in total. The average molecular weight is 434 g/mol. The fraction of sp³-hybridized carbons (Fsp3) is 0.130. The van der Waals surface area contributed by atoms with Crippen LogP contribution in [0.2, 0.25) is 0 Å². The summed E-state index contributed by atoms with van der Waals surface area (Å²) >= 11 is 0. The van der Waals surface area contributed by atoms with Gasteiger partial charge in [-0.15, -0.1) is 0 Å². The molecule has 1 aliphatic heterocycles. The minimum Gasteiger partial charge on any atom is -0.507 e. The van der Waals surface area contributed by atoms with Gasteiger partial charge in [0.15, 0.2) is 0 Å². The summed E-state index contributed by atoms with van der Waals surface area (Å²) in [7, 11) is 1.50. The van der Waals surface area contributed by atoms with Crippen molar-refractivity contribution >= 4 is 23.1 Å². The number of furan rings is 1. The number of carbonyl (C=O) groups is 2. The second kappa shape index (κ2) is 8.38. The number of likely N-dealkylation sites (tertiary alicyclic amines) is 1. The lowest BCUT2D eigenvalue weighted by molar-refractivity contribution is -0.384. The van der Waals surface area contributed by atoms with Gasteiger partial charge in [0, 0.05) is 17.7 Å². The van der Waals surface area contributed by atoms with Gasteiger partial charge in [-0.2, -0.15) is 0 Å². The van der Waals surface area contributed by atoms with E-state index in [1.165, 1.54) is 42.5 Å². The van der Waals surface area contributed by atoms with Crippen molar-refractivity contribution in [2.45, 2.75) is 12.6 Å². The molecule has 1 amide bonds. The zero-order valence-corrected chi connectivity index (χ0v) is 16.9. The Morgan fingerprint density at radius 1 is 1.12 bits per heavy atom. The van der Waals surface area contributed by atoms with Gasteiger partial charge >= 0.3 is 0 Å². The average Bonchev–Trinajstić information content (AvgIpc) is 3.41. The van der Waals surface area contributed by atoms with E-state index < -0.39 is 22.7 Å². The molecule has 1 aromatic heterocycles. The van der Waals surface area contributed by atoms with Crippen LogP contribution in [0.5, 0.6) is 5.75 Å². The molecule has 2 aromatic carbocycles. The van der Waals surface area contributed by atoms with Crippen LogP contribution >= 0.6 is 0 Å². The molecule has 0 spiro atoms. The van der Waals surface area contributed by atoms with Crippen molar-refractivity contribution in [2.24, 2.45) is 0 Å². The number of methoxy groups -OCH3 is 1. The first-order valence-corrected chi connectivity index (χ1v) is 9.60. The Hall–Kier alpha value is -4.40. The van der Waals surface area contributed by atoms with E-state index >= 15 is 0 Å². The van der Waals surface area contributed by atoms with Crippen LogP contribution in [0, 0.1) is 10.1 Å². The predicted molar refractivity (Wildman–Crippen MR) is 113 cm³/mol. The van der Waals surface area contributed by atoms with Crippen LogP contribution in [0.15, 0.2) is 76.9 Å². The number of nitro groups is 1. The van der Waals surface area contributed by atoms with Crippen molar-refractivity contribution in [1.29, 1.82) is 0 Å². The standard InChI is InChI=1S/C23H18N2O7/c1-31-17-10-6-15(7-11-17)21(26)19-20(14-4-8-16(9-5-14)25(29)30)24(23(28)22(19)27)13-18-3-2-12-32-18/h2-12,20,26H,13H2,1H3/b21-19+/t20-/m1/s1. The Kier molecular flexibility index (Phi) is 5.46. The van der Waals surface area contributed by atoms with E-state index in [0.29, 0.717) is 22.6 Å². The molecular weight excluding hydrogens is 416 g/mol. The van der Waals surface area contributed by atoms with Crippen molar-refractivity contribution in [3.63, 3.8) is 0 Å². The molecule has 0 aliphatic carbocycles. The third kappa shape index (κ3) is 3.71. The number of ketones is 1. The van der Waals surface area contributed by atoms with Crippen LogP contribution in [0.1, 0.15) is 22.9 Å². The smallest absolute Gasteiger partial charge is 0.296 e. The maximum absolute atomic E-state index is 13.0. The molecule has 1 N–H and O–H groups in total. The summed E-state index contributed by atoms with van der Waals surface area (Å²) in [5.41, 5.74) is 0.526. The first-order valence-electron chi connectivity index (χ1n) is 9.60. The summed E-state index contributed by atoms with van der Waals surface area (Å²) in [5, 5.41) is 22.0. The molecule has 162 valence electrons. The topological polar surface area (TPSA) is 123 Å². The molecule has 32 heavy (non-hydrogen) atoms. The first kappa shape index (κ1) is 20.9. The molecule has 0 bridgehead atoms. The van der Waals surface area contributed by atoms with Crippen LogP contribution in [-0.2, 0) is 16.1 Å². The molecule has 1 saturated heterocycles. The number of aliphatic hydroxyl groups is 1. The number of amides is 1. The van der Waals surface area contributed by atoms with Gasteiger partial charge in [0.05, 0.1) is 36.5 Å². The van der Waals surface area contributed by atoms with Crippen LogP contribution in [-0.4, -0.2) is 33.7 Å². The van der Waals surface area contributed by atoms with Crippen molar-refractivity contribution in [2.75, 3.05) is 7.11 Å². The normalized spacial score (nSPS) is 17.5. The summed E-state index contributed by atoms with van der Waals surface area (Å²) in [4.78, 5) is 37.6. The largest absolute Gasteiger partial charge is 0.507 e. The number of carbonyl (C=O) groups excluding carboxylic acids is 2. The highest BCUT2D eigenvalue weighted by Crippen LogP contribution is 2.40. The zero-order valence-electron chi connectivity index (χ0n) is 16.9. The highest BCUT2D eigenvalue weighted by Gasteiger charge is 2.46. The number of non-ortho nitro benzene ring substituents is 1. The predicted octanol–water partition coefficient (Wildman–Crippen LogP) is 3.82. The maximum Gasteiger partial charge on any atom is 0.296 e. The van der Waals surface area contributed by atoms with Gasteiger partial charge in [0.1, 0.15) is 17.3 Å². The van der Waals surface area contributed by atoms with Gasteiger partial charge in [0.2, 0.25) is 0 Å². The molecule has 1 aliphatic rings. The van der Waals surface area contributed by atoms with Gasteiger partial charge in [-0.3, -0.25) is 19.7 Å². The first-order chi connectivity index (χ1) is 15.4. The van der Waals surface area contributed by atoms with Crippen molar-refractivity contribution in [3.8, 4) is 5.75 Å². The number of aliphatic hydroxyl groups excluding tert-OH is 1. The van der Waals surface area contributed by atoms with Crippen LogP contribution in [0.4, 0.5) is 5.69 Å². The third-order valence-corrected chi connectivity index (χ3v) is 5.23. The lowest BCUT2D eigenvalue weighted by Gasteiger charge is -2.24. The van der Waals surface area contributed by atoms with E-state index in [1.807, 2.05) is 0 Å². The molecule has 3 aromatic rings. The summed E-state index contributed by atoms with van der Waals surface area (Å²) in [6.45, 7) is -0.0153. The number of rotatable bonds is 6. The summed E-state index contributed by atoms with van der Waals surface area (Å²) in [6.07, 6.45) is 1.45. The zero-order chi connectivity index (χ0) is 22.8. The van der Waals surface area contributed by atoms with E-state index in [9.17, 15) is 24.8 Å². The number of Topliss-reactive ketones (excluding diaryl/α,β-unsaturated/α-hetero) is 1. The molecule has 2 heterocycles. The highest BCUT2D eigenvalue weighted by atomic mass is 16.6. The lowest BCUT2D eigenvalue weighted by atomic mass is 9.95. The lowest BCUT2D eigenvalue weighted by Crippen LogP contribution is -2.29. The number of benzene rings is 2. The van der Waals surface area contributed by atoms with Gasteiger partial charge in [0.25, 0.3) is 17.4 Å². The Morgan fingerprint density at radius 3 is 2.38 bits per heavy atom. The molecule has 9 heteroatoms. The molecule has 1 atom stereocenters.